The Morgan fingerprint density at radius 1 is 1.33 bits per heavy atom. The monoisotopic (exact) mass is 366 g/mol. The Morgan fingerprint density at radius 3 is 2.62 bits per heavy atom. The first kappa shape index (κ1) is 18.1. The lowest BCUT2D eigenvalue weighted by atomic mass is 10.1. The summed E-state index contributed by atoms with van der Waals surface area (Å²) in [4.78, 5) is 23.3. The fourth-order valence-electron chi connectivity index (χ4n) is 1.92. The molecule has 0 aromatic heterocycles. The van der Waals surface area contributed by atoms with Crippen LogP contribution in [0.3, 0.4) is 0 Å². The molecule has 1 amide bonds. The number of nitrogens with zero attached hydrogens (tertiary/aromatic N) is 1. The summed E-state index contributed by atoms with van der Waals surface area (Å²) in [5.74, 6) is -0.334. The van der Waals surface area contributed by atoms with Crippen molar-refractivity contribution in [1.82, 2.24) is 5.32 Å². The SMILES string of the molecule is CC(Sc1ccc(Cl)cc1)C(=O)NCc1cc([N+](=O)[O-])ccc1O. The smallest absolute Gasteiger partial charge is 0.270 e. The van der Waals surface area contributed by atoms with Gasteiger partial charge in [-0.3, -0.25) is 14.9 Å². The van der Waals surface area contributed by atoms with Crippen molar-refractivity contribution in [1.29, 1.82) is 0 Å². The van der Waals surface area contributed by atoms with Crippen molar-refractivity contribution in [3.63, 3.8) is 0 Å². The van der Waals surface area contributed by atoms with Crippen LogP contribution in [0, 0.1) is 10.1 Å². The predicted molar refractivity (Wildman–Crippen MR) is 93.4 cm³/mol. The van der Waals surface area contributed by atoms with Crippen LogP contribution in [0.4, 0.5) is 5.69 Å². The molecule has 0 saturated heterocycles. The number of hydrogen-bond acceptors (Lipinski definition) is 5. The van der Waals surface area contributed by atoms with Crippen LogP contribution < -0.4 is 5.32 Å². The zero-order valence-corrected chi connectivity index (χ0v) is 14.3. The topological polar surface area (TPSA) is 92.5 Å². The Kier molecular flexibility index (Phi) is 6.05. The standard InChI is InChI=1S/C16H15ClN2O4S/c1-10(24-14-5-2-12(17)3-6-14)16(21)18-9-11-8-13(19(22)23)4-7-15(11)20/h2-8,10,20H,9H2,1H3,(H,18,21). The van der Waals surface area contributed by atoms with E-state index >= 15 is 0 Å². The van der Waals surface area contributed by atoms with Crippen molar-refractivity contribution in [2.24, 2.45) is 0 Å². The second kappa shape index (κ2) is 8.03. The number of rotatable bonds is 6. The van der Waals surface area contributed by atoms with Crippen LogP contribution in [0.25, 0.3) is 0 Å². The highest BCUT2D eigenvalue weighted by atomic mass is 35.5. The molecule has 126 valence electrons. The summed E-state index contributed by atoms with van der Waals surface area (Å²) >= 11 is 7.18. The minimum atomic E-state index is -0.552. The third-order valence-electron chi connectivity index (χ3n) is 3.22. The van der Waals surface area contributed by atoms with E-state index in [0.29, 0.717) is 10.6 Å². The number of thioether (sulfide) groups is 1. The van der Waals surface area contributed by atoms with E-state index in [2.05, 4.69) is 5.32 Å². The lowest BCUT2D eigenvalue weighted by Gasteiger charge is -2.12. The Balaban J connectivity index is 1.96. The van der Waals surface area contributed by atoms with Crippen molar-refractivity contribution >= 4 is 35.0 Å². The number of nitrogens with one attached hydrogen (secondary N) is 1. The van der Waals surface area contributed by atoms with Gasteiger partial charge in [-0.1, -0.05) is 11.6 Å². The molecule has 24 heavy (non-hydrogen) atoms. The second-order valence-electron chi connectivity index (χ2n) is 5.00. The van der Waals surface area contributed by atoms with Gasteiger partial charge in [-0.05, 0) is 37.3 Å². The fourth-order valence-corrected chi connectivity index (χ4v) is 2.94. The summed E-state index contributed by atoms with van der Waals surface area (Å²) in [6, 6.07) is 10.8. The number of carbonyl (C=O) groups is 1. The molecule has 8 heteroatoms. The van der Waals surface area contributed by atoms with Crippen molar-refractivity contribution in [3.8, 4) is 5.75 Å². The molecule has 1 atom stereocenters. The van der Waals surface area contributed by atoms with Crippen molar-refractivity contribution in [2.75, 3.05) is 0 Å². The number of carbonyl (C=O) groups excluding carboxylic acids is 1. The van der Waals surface area contributed by atoms with E-state index in [1.54, 1.807) is 19.1 Å². The molecule has 0 bridgehead atoms. The number of aromatic hydroxyl groups is 1. The van der Waals surface area contributed by atoms with Crippen LogP contribution >= 0.6 is 23.4 Å². The number of nitro benzene ring substituents is 1. The quantitative estimate of drug-likeness (QED) is 0.461. The van der Waals surface area contributed by atoms with E-state index < -0.39 is 4.92 Å². The first-order valence-electron chi connectivity index (χ1n) is 7.03. The third-order valence-corrected chi connectivity index (χ3v) is 4.59. The lowest BCUT2D eigenvalue weighted by Crippen LogP contribution is -2.30. The molecule has 1 unspecified atom stereocenters. The highest BCUT2D eigenvalue weighted by Crippen LogP contribution is 2.26. The van der Waals surface area contributed by atoms with E-state index in [0.717, 1.165) is 4.90 Å². The Labute approximate surface area is 148 Å². The molecule has 2 rings (SSSR count). The number of phenolic OH excluding ortho intramolecular Hbond substituents is 1. The third kappa shape index (κ3) is 4.87. The second-order valence-corrected chi connectivity index (χ2v) is 6.85. The van der Waals surface area contributed by atoms with Crippen molar-refractivity contribution < 1.29 is 14.8 Å². The van der Waals surface area contributed by atoms with Gasteiger partial charge in [0.2, 0.25) is 5.91 Å². The molecule has 2 N–H and O–H groups in total. The molecule has 0 saturated carbocycles. The van der Waals surface area contributed by atoms with Gasteiger partial charge in [-0.25, -0.2) is 0 Å². The van der Waals surface area contributed by atoms with Crippen LogP contribution in [0.2, 0.25) is 5.02 Å². The van der Waals surface area contributed by atoms with Gasteiger partial charge in [-0.2, -0.15) is 0 Å². The first-order valence-corrected chi connectivity index (χ1v) is 8.29. The summed E-state index contributed by atoms with van der Waals surface area (Å²) in [6.07, 6.45) is 0. The summed E-state index contributed by atoms with van der Waals surface area (Å²) in [5.41, 5.74) is 0.155. The molecule has 0 radical (unpaired) electrons. The Morgan fingerprint density at radius 2 is 2.00 bits per heavy atom. The van der Waals surface area contributed by atoms with Gasteiger partial charge >= 0.3 is 0 Å². The Bertz CT molecular complexity index is 752. The van der Waals surface area contributed by atoms with Crippen LogP contribution in [0.15, 0.2) is 47.4 Å². The van der Waals surface area contributed by atoms with Gasteiger partial charge in [0.05, 0.1) is 10.2 Å². The fraction of sp³-hybridized carbons (Fsp3) is 0.188. The lowest BCUT2D eigenvalue weighted by molar-refractivity contribution is -0.384. The normalized spacial score (nSPS) is 11.8. The molecule has 0 spiro atoms. The number of halogens is 1. The van der Waals surface area contributed by atoms with Crippen LogP contribution in [0.1, 0.15) is 12.5 Å². The largest absolute Gasteiger partial charge is 0.508 e. The van der Waals surface area contributed by atoms with Gasteiger partial charge in [0.1, 0.15) is 5.75 Å². The van der Waals surface area contributed by atoms with E-state index in [1.165, 1.54) is 30.0 Å². The minimum Gasteiger partial charge on any atom is -0.508 e. The van der Waals surface area contributed by atoms with Gasteiger partial charge in [0.25, 0.3) is 5.69 Å². The van der Waals surface area contributed by atoms with Gasteiger partial charge in [-0.15, -0.1) is 11.8 Å². The van der Waals surface area contributed by atoms with Crippen LogP contribution in [0.5, 0.6) is 5.75 Å². The molecule has 0 aliphatic carbocycles. The average molecular weight is 367 g/mol. The van der Waals surface area contributed by atoms with E-state index in [4.69, 9.17) is 11.6 Å². The van der Waals surface area contributed by atoms with E-state index in [1.807, 2.05) is 12.1 Å². The molecule has 2 aromatic rings. The Hall–Kier alpha value is -2.25. The van der Waals surface area contributed by atoms with Gasteiger partial charge in [0.15, 0.2) is 0 Å². The van der Waals surface area contributed by atoms with Crippen molar-refractivity contribution in [3.05, 3.63) is 63.2 Å². The highest BCUT2D eigenvalue weighted by Gasteiger charge is 2.16. The van der Waals surface area contributed by atoms with Gasteiger partial charge in [0, 0.05) is 34.2 Å². The molecule has 2 aromatic carbocycles. The maximum atomic E-state index is 12.1. The maximum absolute atomic E-state index is 12.1. The molecule has 0 aliphatic heterocycles. The molecular formula is C16H15ClN2O4S. The molecule has 6 nitrogen and oxygen atoms in total. The zero-order valence-electron chi connectivity index (χ0n) is 12.7. The number of phenols is 1. The molecule has 0 fully saturated rings. The number of hydrogen-bond donors (Lipinski definition) is 2. The number of amides is 1. The predicted octanol–water partition coefficient (Wildman–Crippen LogP) is 3.75. The highest BCUT2D eigenvalue weighted by molar-refractivity contribution is 8.00. The van der Waals surface area contributed by atoms with E-state index in [-0.39, 0.29) is 29.1 Å². The summed E-state index contributed by atoms with van der Waals surface area (Å²) in [5, 5.41) is 23.4. The molecular weight excluding hydrogens is 352 g/mol. The van der Waals surface area contributed by atoms with Crippen LogP contribution in [-0.2, 0) is 11.3 Å². The first-order chi connectivity index (χ1) is 11.4. The summed E-state index contributed by atoms with van der Waals surface area (Å²) < 4.78 is 0. The van der Waals surface area contributed by atoms with Crippen molar-refractivity contribution in [2.45, 2.75) is 23.6 Å². The van der Waals surface area contributed by atoms with Gasteiger partial charge < -0.3 is 10.4 Å². The minimum absolute atomic E-state index is 0.0118. The summed E-state index contributed by atoms with van der Waals surface area (Å²) in [7, 11) is 0. The number of non-ortho nitro benzene ring substituents is 1. The van der Waals surface area contributed by atoms with Crippen LogP contribution in [-0.4, -0.2) is 21.2 Å². The molecule has 0 aliphatic rings. The number of nitro groups is 1. The molecule has 0 heterocycles. The summed E-state index contributed by atoms with van der Waals surface area (Å²) in [6.45, 7) is 1.76. The number of benzene rings is 2. The van der Waals surface area contributed by atoms with E-state index in [9.17, 15) is 20.0 Å². The average Bonchev–Trinajstić information content (AvgIpc) is 2.55. The maximum Gasteiger partial charge on any atom is 0.270 e. The zero-order chi connectivity index (χ0) is 17.7.